The predicted molar refractivity (Wildman–Crippen MR) is 47.1 cm³/mol. The zero-order valence-electron chi connectivity index (χ0n) is 8.28. The SMILES string of the molecule is COC(C)CO.COCC(C)O. The number of methoxy groups -OCH3 is 2. The maximum absolute atomic E-state index is 8.43. The Bertz CT molecular complexity index is 71.5. The smallest absolute Gasteiger partial charge is 0.0773 e. The number of hydrogen-bond donors (Lipinski definition) is 2. The van der Waals surface area contributed by atoms with E-state index in [4.69, 9.17) is 10.2 Å². The van der Waals surface area contributed by atoms with Crippen LogP contribution in [0.1, 0.15) is 13.8 Å². The molecule has 4 heteroatoms. The molecular formula is C8H20O4. The van der Waals surface area contributed by atoms with E-state index in [-0.39, 0.29) is 18.8 Å². The first-order valence-corrected chi connectivity index (χ1v) is 3.89. The van der Waals surface area contributed by atoms with Crippen LogP contribution in [0.2, 0.25) is 0 Å². The van der Waals surface area contributed by atoms with Crippen LogP contribution in [0.5, 0.6) is 0 Å². The molecular weight excluding hydrogens is 160 g/mol. The van der Waals surface area contributed by atoms with Gasteiger partial charge in [0.1, 0.15) is 0 Å². The third kappa shape index (κ3) is 16.4. The molecule has 0 rings (SSSR count). The van der Waals surface area contributed by atoms with Gasteiger partial charge in [0, 0.05) is 14.2 Å². The second-order valence-electron chi connectivity index (χ2n) is 2.53. The van der Waals surface area contributed by atoms with Gasteiger partial charge in [0.25, 0.3) is 0 Å². The van der Waals surface area contributed by atoms with Crippen molar-refractivity contribution in [1.29, 1.82) is 0 Å². The van der Waals surface area contributed by atoms with Gasteiger partial charge in [0.2, 0.25) is 0 Å². The zero-order chi connectivity index (χ0) is 9.98. The predicted octanol–water partition coefficient (Wildman–Crippen LogP) is 0.0272. The normalized spacial score (nSPS) is 14.5. The Morgan fingerprint density at radius 2 is 1.75 bits per heavy atom. The Labute approximate surface area is 74.1 Å². The summed E-state index contributed by atoms with van der Waals surface area (Å²) in [7, 11) is 3.13. The first-order valence-electron chi connectivity index (χ1n) is 3.89. The van der Waals surface area contributed by atoms with Crippen LogP contribution < -0.4 is 0 Å². The molecule has 0 aromatic carbocycles. The number of hydrogen-bond acceptors (Lipinski definition) is 4. The molecule has 76 valence electrons. The summed E-state index contributed by atoms with van der Waals surface area (Å²) in [5.41, 5.74) is 0. The first kappa shape index (κ1) is 14.4. The summed E-state index contributed by atoms with van der Waals surface area (Å²) in [6.07, 6.45) is -0.333. The fourth-order valence-corrected chi connectivity index (χ4v) is 0.316. The highest BCUT2D eigenvalue weighted by Crippen LogP contribution is 1.80. The van der Waals surface area contributed by atoms with Crippen molar-refractivity contribution in [3.05, 3.63) is 0 Å². The van der Waals surface area contributed by atoms with Gasteiger partial charge in [-0.05, 0) is 13.8 Å². The van der Waals surface area contributed by atoms with Crippen LogP contribution in [0.15, 0.2) is 0 Å². The van der Waals surface area contributed by atoms with Crippen molar-refractivity contribution in [3.8, 4) is 0 Å². The molecule has 0 radical (unpaired) electrons. The fraction of sp³-hybridized carbons (Fsp3) is 1.00. The molecule has 2 atom stereocenters. The van der Waals surface area contributed by atoms with Gasteiger partial charge >= 0.3 is 0 Å². The monoisotopic (exact) mass is 180 g/mol. The lowest BCUT2D eigenvalue weighted by Gasteiger charge is -2.00. The lowest BCUT2D eigenvalue weighted by molar-refractivity contribution is 0.0623. The van der Waals surface area contributed by atoms with Gasteiger partial charge in [-0.1, -0.05) is 0 Å². The quantitative estimate of drug-likeness (QED) is 0.640. The van der Waals surface area contributed by atoms with E-state index in [0.29, 0.717) is 6.61 Å². The molecule has 0 aliphatic rings. The van der Waals surface area contributed by atoms with Gasteiger partial charge in [0.05, 0.1) is 25.4 Å². The van der Waals surface area contributed by atoms with Gasteiger partial charge in [0.15, 0.2) is 0 Å². The lowest BCUT2D eigenvalue weighted by atomic mass is 10.4. The minimum Gasteiger partial charge on any atom is -0.394 e. The van der Waals surface area contributed by atoms with Gasteiger partial charge in [-0.15, -0.1) is 0 Å². The van der Waals surface area contributed by atoms with E-state index in [9.17, 15) is 0 Å². The van der Waals surface area contributed by atoms with Crippen molar-refractivity contribution in [2.24, 2.45) is 0 Å². The number of ether oxygens (including phenoxy) is 2. The summed E-state index contributed by atoms with van der Waals surface area (Å²) < 4.78 is 9.20. The van der Waals surface area contributed by atoms with Crippen LogP contribution in [0.25, 0.3) is 0 Å². The molecule has 0 heterocycles. The molecule has 2 unspecified atom stereocenters. The highest BCUT2D eigenvalue weighted by Gasteiger charge is 1.90. The highest BCUT2D eigenvalue weighted by atomic mass is 16.5. The molecule has 4 nitrogen and oxygen atoms in total. The van der Waals surface area contributed by atoms with E-state index in [0.717, 1.165) is 0 Å². The summed E-state index contributed by atoms with van der Waals surface area (Å²) in [4.78, 5) is 0. The van der Waals surface area contributed by atoms with Crippen molar-refractivity contribution >= 4 is 0 Å². The van der Waals surface area contributed by atoms with Gasteiger partial charge in [-0.25, -0.2) is 0 Å². The van der Waals surface area contributed by atoms with Crippen LogP contribution >= 0.6 is 0 Å². The molecule has 0 saturated carbocycles. The molecule has 0 saturated heterocycles. The molecule has 0 fully saturated rings. The van der Waals surface area contributed by atoms with Crippen LogP contribution in [0.3, 0.4) is 0 Å². The largest absolute Gasteiger partial charge is 0.394 e. The zero-order valence-corrected chi connectivity index (χ0v) is 8.28. The van der Waals surface area contributed by atoms with E-state index in [1.54, 1.807) is 28.1 Å². The van der Waals surface area contributed by atoms with Crippen LogP contribution in [0, 0.1) is 0 Å². The highest BCUT2D eigenvalue weighted by molar-refractivity contribution is 4.38. The third-order valence-electron chi connectivity index (χ3n) is 1.07. The van der Waals surface area contributed by atoms with Crippen LogP contribution in [-0.4, -0.2) is 49.9 Å². The second kappa shape index (κ2) is 10.8. The van der Waals surface area contributed by atoms with E-state index in [1.165, 1.54) is 0 Å². The molecule has 0 aliphatic heterocycles. The summed E-state index contributed by atoms with van der Waals surface area (Å²) in [6, 6.07) is 0. The van der Waals surface area contributed by atoms with Gasteiger partial charge in [-0.2, -0.15) is 0 Å². The Hall–Kier alpha value is -0.160. The molecule has 0 aromatic heterocycles. The lowest BCUT2D eigenvalue weighted by Crippen LogP contribution is -2.08. The van der Waals surface area contributed by atoms with E-state index in [1.807, 2.05) is 0 Å². The van der Waals surface area contributed by atoms with Gasteiger partial charge < -0.3 is 19.7 Å². The molecule has 0 aliphatic carbocycles. The third-order valence-corrected chi connectivity index (χ3v) is 1.07. The standard InChI is InChI=1S/2C4H10O2/c1-4(5)3-6-2;1-4(3-5)6-2/h2*4-5H,3H2,1-2H3. The van der Waals surface area contributed by atoms with E-state index >= 15 is 0 Å². The number of aliphatic hydroxyl groups excluding tert-OH is 2. The number of rotatable bonds is 4. The van der Waals surface area contributed by atoms with Crippen molar-refractivity contribution < 1.29 is 19.7 Å². The summed E-state index contributed by atoms with van der Waals surface area (Å²) >= 11 is 0. The second-order valence-corrected chi connectivity index (χ2v) is 2.53. The van der Waals surface area contributed by atoms with Gasteiger partial charge in [-0.3, -0.25) is 0 Å². The average Bonchev–Trinajstić information content (AvgIpc) is 2.04. The average molecular weight is 180 g/mol. The van der Waals surface area contributed by atoms with Crippen molar-refractivity contribution in [1.82, 2.24) is 0 Å². The molecule has 0 spiro atoms. The summed E-state index contributed by atoms with van der Waals surface area (Å²) in [5, 5.41) is 16.6. The fourth-order valence-electron chi connectivity index (χ4n) is 0.316. The van der Waals surface area contributed by atoms with Crippen molar-refractivity contribution in [2.75, 3.05) is 27.4 Å². The summed E-state index contributed by atoms with van der Waals surface area (Å²) in [6.45, 7) is 4.03. The van der Waals surface area contributed by atoms with Crippen molar-refractivity contribution in [3.63, 3.8) is 0 Å². The Kier molecular flexibility index (Phi) is 13.0. The Morgan fingerprint density at radius 3 is 1.75 bits per heavy atom. The molecule has 0 bridgehead atoms. The van der Waals surface area contributed by atoms with E-state index < -0.39 is 0 Å². The molecule has 0 aromatic rings. The minimum atomic E-state index is -0.324. The van der Waals surface area contributed by atoms with Crippen molar-refractivity contribution in [2.45, 2.75) is 26.1 Å². The minimum absolute atomic E-state index is 0.00926. The first-order chi connectivity index (χ1) is 5.58. The molecule has 12 heavy (non-hydrogen) atoms. The Balaban J connectivity index is 0. The maximum Gasteiger partial charge on any atom is 0.0773 e. The Morgan fingerprint density at radius 1 is 1.25 bits per heavy atom. The maximum atomic E-state index is 8.43. The van der Waals surface area contributed by atoms with Crippen LogP contribution in [0.4, 0.5) is 0 Å². The number of aliphatic hydroxyl groups is 2. The summed E-state index contributed by atoms with van der Waals surface area (Å²) in [5.74, 6) is 0. The topological polar surface area (TPSA) is 58.9 Å². The molecule has 2 N–H and O–H groups in total. The molecule has 0 amide bonds. The van der Waals surface area contributed by atoms with E-state index in [2.05, 4.69) is 9.47 Å². The van der Waals surface area contributed by atoms with Crippen LogP contribution in [-0.2, 0) is 9.47 Å².